The summed E-state index contributed by atoms with van der Waals surface area (Å²) in [6, 6.07) is 7.81. The molecule has 0 saturated heterocycles. The summed E-state index contributed by atoms with van der Waals surface area (Å²) in [5.74, 6) is 1.30. The van der Waals surface area contributed by atoms with Gasteiger partial charge in [0, 0.05) is 23.9 Å². The monoisotopic (exact) mass is 315 g/mol. The summed E-state index contributed by atoms with van der Waals surface area (Å²) in [6.45, 7) is 6.79. The molecular formula is C20H29NO2. The van der Waals surface area contributed by atoms with Gasteiger partial charge in [-0.25, -0.2) is 0 Å². The fraction of sp³-hybridized carbons (Fsp3) is 0.600. The molecule has 1 aliphatic rings. The maximum absolute atomic E-state index is 12.2. The molecule has 0 spiro atoms. The van der Waals surface area contributed by atoms with E-state index in [-0.39, 0.29) is 17.7 Å². The first-order valence-corrected chi connectivity index (χ1v) is 8.92. The quantitative estimate of drug-likeness (QED) is 0.862. The summed E-state index contributed by atoms with van der Waals surface area (Å²) in [5.41, 5.74) is 1.97. The van der Waals surface area contributed by atoms with E-state index in [2.05, 4.69) is 12.2 Å². The van der Waals surface area contributed by atoms with Crippen molar-refractivity contribution < 1.29 is 9.59 Å². The number of Topliss-reactive ketones (excluding diaryl/α,β-unsaturated/α-hetero) is 1. The van der Waals surface area contributed by atoms with Crippen molar-refractivity contribution in [1.82, 2.24) is 5.32 Å². The number of nitrogens with one attached hydrogen (secondary N) is 1. The van der Waals surface area contributed by atoms with E-state index in [1.807, 2.05) is 38.1 Å². The van der Waals surface area contributed by atoms with Crippen LogP contribution in [-0.2, 0) is 11.2 Å². The molecule has 1 aromatic carbocycles. The maximum Gasteiger partial charge on any atom is 0.251 e. The highest BCUT2D eigenvalue weighted by molar-refractivity contribution is 5.94. The van der Waals surface area contributed by atoms with Crippen LogP contribution in [0, 0.1) is 17.8 Å². The van der Waals surface area contributed by atoms with Gasteiger partial charge in [-0.1, -0.05) is 32.9 Å². The number of amides is 1. The van der Waals surface area contributed by atoms with Gasteiger partial charge in [0.25, 0.3) is 5.91 Å². The van der Waals surface area contributed by atoms with E-state index in [0.717, 1.165) is 44.2 Å². The fourth-order valence-corrected chi connectivity index (χ4v) is 3.35. The number of carbonyl (C=O) groups is 2. The highest BCUT2D eigenvalue weighted by Gasteiger charge is 2.27. The zero-order chi connectivity index (χ0) is 16.8. The summed E-state index contributed by atoms with van der Waals surface area (Å²) in [7, 11) is 0. The lowest BCUT2D eigenvalue weighted by Crippen LogP contribution is -2.33. The molecule has 1 N–H and O–H groups in total. The summed E-state index contributed by atoms with van der Waals surface area (Å²) < 4.78 is 0. The van der Waals surface area contributed by atoms with Crippen LogP contribution in [0.2, 0.25) is 0 Å². The Morgan fingerprint density at radius 3 is 2.22 bits per heavy atom. The third-order valence-electron chi connectivity index (χ3n) is 4.99. The molecule has 3 heteroatoms. The van der Waals surface area contributed by atoms with Gasteiger partial charge >= 0.3 is 0 Å². The van der Waals surface area contributed by atoms with Gasteiger partial charge < -0.3 is 5.32 Å². The lowest BCUT2D eigenvalue weighted by Gasteiger charge is -2.28. The largest absolute Gasteiger partial charge is 0.352 e. The molecule has 0 radical (unpaired) electrons. The third-order valence-corrected chi connectivity index (χ3v) is 4.99. The first kappa shape index (κ1) is 17.7. The fourth-order valence-electron chi connectivity index (χ4n) is 3.35. The van der Waals surface area contributed by atoms with Crippen LogP contribution < -0.4 is 5.32 Å². The zero-order valence-electron chi connectivity index (χ0n) is 14.6. The van der Waals surface area contributed by atoms with Crippen LogP contribution in [0.15, 0.2) is 24.3 Å². The van der Waals surface area contributed by atoms with Gasteiger partial charge in [-0.05, 0) is 55.7 Å². The molecule has 23 heavy (non-hydrogen) atoms. The molecule has 0 aliphatic heterocycles. The number of rotatable bonds is 6. The van der Waals surface area contributed by atoms with Gasteiger partial charge in [0.2, 0.25) is 0 Å². The molecule has 0 heterocycles. The molecule has 0 bridgehead atoms. The second-order valence-corrected chi connectivity index (χ2v) is 7.04. The van der Waals surface area contributed by atoms with Crippen molar-refractivity contribution in [1.29, 1.82) is 0 Å². The van der Waals surface area contributed by atoms with Gasteiger partial charge in [0.15, 0.2) is 0 Å². The van der Waals surface area contributed by atoms with Gasteiger partial charge in [-0.15, -0.1) is 0 Å². The Hall–Kier alpha value is -1.64. The minimum absolute atomic E-state index is 0.00744. The van der Waals surface area contributed by atoms with Crippen molar-refractivity contribution in [2.75, 3.05) is 6.54 Å². The summed E-state index contributed by atoms with van der Waals surface area (Å²) in [5, 5.41) is 3.05. The van der Waals surface area contributed by atoms with E-state index in [9.17, 15) is 9.59 Å². The van der Waals surface area contributed by atoms with Gasteiger partial charge in [-0.3, -0.25) is 9.59 Å². The van der Waals surface area contributed by atoms with Crippen molar-refractivity contribution in [2.24, 2.45) is 17.8 Å². The third kappa shape index (κ3) is 4.92. The molecule has 1 fully saturated rings. The van der Waals surface area contributed by atoms with Crippen molar-refractivity contribution in [3.8, 4) is 0 Å². The molecule has 126 valence electrons. The Morgan fingerprint density at radius 1 is 1.09 bits per heavy atom. The number of aryl methyl sites for hydroxylation is 1. The van der Waals surface area contributed by atoms with Gasteiger partial charge in [-0.2, -0.15) is 0 Å². The second-order valence-electron chi connectivity index (χ2n) is 7.04. The highest BCUT2D eigenvalue weighted by atomic mass is 16.1. The van der Waals surface area contributed by atoms with Gasteiger partial charge in [0.05, 0.1) is 0 Å². The first-order valence-electron chi connectivity index (χ1n) is 8.92. The first-order chi connectivity index (χ1) is 11.0. The van der Waals surface area contributed by atoms with Crippen molar-refractivity contribution in [3.05, 3.63) is 35.4 Å². The van der Waals surface area contributed by atoms with Crippen molar-refractivity contribution in [2.45, 2.75) is 52.9 Å². The molecule has 1 aromatic rings. The number of ketones is 1. The smallest absolute Gasteiger partial charge is 0.251 e. The number of hydrogen-bond acceptors (Lipinski definition) is 2. The lowest BCUT2D eigenvalue weighted by molar-refractivity contribution is -0.127. The summed E-state index contributed by atoms with van der Waals surface area (Å²) in [6.07, 6.45) is 5.02. The lowest BCUT2D eigenvalue weighted by atomic mass is 9.78. The van der Waals surface area contributed by atoms with E-state index in [0.29, 0.717) is 11.7 Å². The van der Waals surface area contributed by atoms with Crippen LogP contribution in [0.3, 0.4) is 0 Å². The molecule has 1 amide bonds. The SMILES string of the molecule is CCc1ccc(C(=O)NCC2CCC(C(=O)C(C)C)CC2)cc1. The predicted octanol–water partition coefficient (Wildman–Crippen LogP) is 4.01. The summed E-state index contributed by atoms with van der Waals surface area (Å²) in [4.78, 5) is 24.2. The molecule has 0 aromatic heterocycles. The number of benzene rings is 1. The van der Waals surface area contributed by atoms with E-state index >= 15 is 0 Å². The van der Waals surface area contributed by atoms with E-state index in [4.69, 9.17) is 0 Å². The van der Waals surface area contributed by atoms with Crippen molar-refractivity contribution >= 4 is 11.7 Å². The van der Waals surface area contributed by atoms with Crippen LogP contribution in [0.25, 0.3) is 0 Å². The van der Waals surface area contributed by atoms with Crippen LogP contribution in [-0.4, -0.2) is 18.2 Å². The van der Waals surface area contributed by atoms with E-state index in [1.54, 1.807) is 0 Å². The van der Waals surface area contributed by atoms with E-state index < -0.39 is 0 Å². The number of hydrogen-bond donors (Lipinski definition) is 1. The zero-order valence-corrected chi connectivity index (χ0v) is 14.6. The molecule has 2 rings (SSSR count). The Kier molecular flexibility index (Phi) is 6.37. The van der Waals surface area contributed by atoms with Crippen LogP contribution in [0.4, 0.5) is 0 Å². The number of carbonyl (C=O) groups excluding carboxylic acids is 2. The molecule has 0 unspecified atom stereocenters. The molecule has 1 aliphatic carbocycles. The Bertz CT molecular complexity index is 525. The summed E-state index contributed by atoms with van der Waals surface area (Å²) >= 11 is 0. The minimum atomic E-state index is 0.00744. The highest BCUT2D eigenvalue weighted by Crippen LogP contribution is 2.30. The minimum Gasteiger partial charge on any atom is -0.352 e. The standard InChI is InChI=1S/C20H29NO2/c1-4-15-5-11-18(12-6-15)20(23)21-13-16-7-9-17(10-8-16)19(22)14(2)3/h5-6,11-12,14,16-17H,4,7-10,13H2,1-3H3,(H,21,23). The Morgan fingerprint density at radius 2 is 1.70 bits per heavy atom. The average molecular weight is 315 g/mol. The normalized spacial score (nSPS) is 21.2. The van der Waals surface area contributed by atoms with Crippen LogP contribution >= 0.6 is 0 Å². The maximum atomic E-state index is 12.2. The molecule has 0 atom stereocenters. The predicted molar refractivity (Wildman–Crippen MR) is 93.4 cm³/mol. The Balaban J connectivity index is 1.76. The molecule has 1 saturated carbocycles. The van der Waals surface area contributed by atoms with Crippen LogP contribution in [0.5, 0.6) is 0 Å². The van der Waals surface area contributed by atoms with Gasteiger partial charge in [0.1, 0.15) is 5.78 Å². The Labute approximate surface area is 139 Å². The van der Waals surface area contributed by atoms with Crippen LogP contribution in [0.1, 0.15) is 62.4 Å². The molecular weight excluding hydrogens is 286 g/mol. The van der Waals surface area contributed by atoms with E-state index in [1.165, 1.54) is 5.56 Å². The topological polar surface area (TPSA) is 46.2 Å². The average Bonchev–Trinajstić information content (AvgIpc) is 2.59. The van der Waals surface area contributed by atoms with Crippen molar-refractivity contribution in [3.63, 3.8) is 0 Å². The molecule has 3 nitrogen and oxygen atoms in total. The second kappa shape index (κ2) is 8.28.